The van der Waals surface area contributed by atoms with Crippen LogP contribution in [-0.2, 0) is 0 Å². The van der Waals surface area contributed by atoms with Crippen LogP contribution in [0.25, 0.3) is 5.73 Å². The standard InChI is InChI=1S/C7H15N2O4/c1-2-3(10)4(11)5(12)6(13)7(8)9/h3-6,10-13H,2H2,1H3,(H2-,8,9)/q-1. The van der Waals surface area contributed by atoms with Crippen molar-refractivity contribution in [2.75, 3.05) is 0 Å². The molecule has 0 fully saturated rings. The van der Waals surface area contributed by atoms with E-state index in [9.17, 15) is 0 Å². The highest BCUT2D eigenvalue weighted by atomic mass is 16.4. The van der Waals surface area contributed by atoms with E-state index in [1.54, 1.807) is 6.92 Å². The second-order valence-corrected chi connectivity index (χ2v) is 2.82. The molecule has 4 unspecified atom stereocenters. The van der Waals surface area contributed by atoms with Gasteiger partial charge in [-0.3, -0.25) is 0 Å². The molecule has 4 atom stereocenters. The number of rotatable bonds is 5. The summed E-state index contributed by atoms with van der Waals surface area (Å²) in [7, 11) is 0. The smallest absolute Gasteiger partial charge is 0.112 e. The Morgan fingerprint density at radius 3 is 2.00 bits per heavy atom. The van der Waals surface area contributed by atoms with Crippen LogP contribution in [0.15, 0.2) is 0 Å². The highest BCUT2D eigenvalue weighted by Gasteiger charge is 2.28. The van der Waals surface area contributed by atoms with Gasteiger partial charge in [-0.25, -0.2) is 0 Å². The average molecular weight is 191 g/mol. The molecule has 0 aromatic carbocycles. The van der Waals surface area contributed by atoms with Crippen LogP contribution in [0.2, 0.25) is 0 Å². The van der Waals surface area contributed by atoms with Crippen molar-refractivity contribution in [3.63, 3.8) is 0 Å². The molecule has 0 heterocycles. The monoisotopic (exact) mass is 191 g/mol. The van der Waals surface area contributed by atoms with Crippen LogP contribution in [0, 0.1) is 5.41 Å². The van der Waals surface area contributed by atoms with Crippen molar-refractivity contribution in [2.24, 2.45) is 0 Å². The number of hydrogen-bond donors (Lipinski definition) is 5. The van der Waals surface area contributed by atoms with Crippen molar-refractivity contribution in [2.45, 2.75) is 37.8 Å². The summed E-state index contributed by atoms with van der Waals surface area (Å²) >= 11 is 0. The van der Waals surface area contributed by atoms with Crippen molar-refractivity contribution in [1.82, 2.24) is 0 Å². The van der Waals surface area contributed by atoms with Gasteiger partial charge in [0.1, 0.15) is 12.2 Å². The molecule has 6 heteroatoms. The Morgan fingerprint density at radius 1 is 1.23 bits per heavy atom. The van der Waals surface area contributed by atoms with Gasteiger partial charge in [0.25, 0.3) is 0 Å². The van der Waals surface area contributed by atoms with Crippen molar-refractivity contribution >= 4 is 5.84 Å². The van der Waals surface area contributed by atoms with Gasteiger partial charge in [0, 0.05) is 0 Å². The first-order valence-corrected chi connectivity index (χ1v) is 3.94. The van der Waals surface area contributed by atoms with Crippen molar-refractivity contribution in [1.29, 1.82) is 5.41 Å². The zero-order valence-corrected chi connectivity index (χ0v) is 7.31. The molecule has 0 aromatic heterocycles. The number of nitrogens with one attached hydrogen (secondary N) is 2. The third kappa shape index (κ3) is 3.27. The van der Waals surface area contributed by atoms with E-state index in [2.05, 4.69) is 0 Å². The molecule has 0 bridgehead atoms. The largest absolute Gasteiger partial charge is 0.484 e. The van der Waals surface area contributed by atoms with Gasteiger partial charge in [-0.2, -0.15) is 0 Å². The van der Waals surface area contributed by atoms with Crippen molar-refractivity contribution in [3.05, 3.63) is 5.73 Å². The molecule has 0 aliphatic heterocycles. The molecule has 6 nitrogen and oxygen atoms in total. The first-order valence-electron chi connectivity index (χ1n) is 3.94. The van der Waals surface area contributed by atoms with Crippen molar-refractivity contribution in [3.8, 4) is 0 Å². The van der Waals surface area contributed by atoms with E-state index >= 15 is 0 Å². The van der Waals surface area contributed by atoms with Gasteiger partial charge < -0.3 is 31.6 Å². The lowest BCUT2D eigenvalue weighted by Gasteiger charge is -2.27. The topological polar surface area (TPSA) is 129 Å². The highest BCUT2D eigenvalue weighted by molar-refractivity contribution is 5.91. The van der Waals surface area contributed by atoms with Gasteiger partial charge in [0.15, 0.2) is 0 Å². The molecule has 0 amide bonds. The zero-order chi connectivity index (χ0) is 10.6. The maximum atomic E-state index is 9.17. The van der Waals surface area contributed by atoms with Crippen LogP contribution in [0.1, 0.15) is 13.3 Å². The van der Waals surface area contributed by atoms with E-state index in [1.165, 1.54) is 0 Å². The summed E-state index contributed by atoms with van der Waals surface area (Å²) in [5, 5.41) is 43.0. The number of aliphatic hydroxyl groups is 4. The average Bonchev–Trinajstić information content (AvgIpc) is 2.12. The predicted octanol–water partition coefficient (Wildman–Crippen LogP) is -1.13. The van der Waals surface area contributed by atoms with Gasteiger partial charge >= 0.3 is 0 Å². The fourth-order valence-corrected chi connectivity index (χ4v) is 0.827. The first kappa shape index (κ1) is 12.3. The molecule has 0 aromatic rings. The SMILES string of the molecule is CCC(O)C(O)C(O)C(O)C(=N)[NH-]. The first-order chi connectivity index (χ1) is 5.91. The minimum absolute atomic E-state index is 0.219. The Labute approximate surface area is 76.1 Å². The van der Waals surface area contributed by atoms with E-state index in [1.807, 2.05) is 0 Å². The maximum absolute atomic E-state index is 9.17. The molecule has 0 saturated heterocycles. The van der Waals surface area contributed by atoms with Crippen LogP contribution in [-0.4, -0.2) is 50.7 Å². The van der Waals surface area contributed by atoms with Gasteiger partial charge in [0.05, 0.1) is 12.2 Å². The third-order valence-electron chi connectivity index (χ3n) is 1.78. The predicted molar refractivity (Wildman–Crippen MR) is 46.4 cm³/mol. The van der Waals surface area contributed by atoms with E-state index < -0.39 is 30.3 Å². The van der Waals surface area contributed by atoms with E-state index in [4.69, 9.17) is 31.6 Å². The molecule has 13 heavy (non-hydrogen) atoms. The fraction of sp³-hybridized carbons (Fsp3) is 0.857. The Morgan fingerprint density at radius 2 is 1.69 bits per heavy atom. The summed E-state index contributed by atoms with van der Waals surface area (Å²) in [6, 6.07) is 0. The minimum atomic E-state index is -1.75. The van der Waals surface area contributed by atoms with Gasteiger partial charge in [-0.15, -0.1) is 0 Å². The number of amidine groups is 1. The molecule has 0 aliphatic rings. The molecule has 78 valence electrons. The zero-order valence-electron chi connectivity index (χ0n) is 7.31. The Hall–Kier alpha value is -0.690. The molecule has 0 saturated carbocycles. The van der Waals surface area contributed by atoms with Crippen LogP contribution in [0.3, 0.4) is 0 Å². The molecule has 6 N–H and O–H groups in total. The van der Waals surface area contributed by atoms with Gasteiger partial charge in [-0.1, -0.05) is 12.8 Å². The van der Waals surface area contributed by atoms with E-state index in [0.29, 0.717) is 0 Å². The summed E-state index contributed by atoms with van der Waals surface area (Å²) in [6.45, 7) is 1.60. The maximum Gasteiger partial charge on any atom is 0.112 e. The van der Waals surface area contributed by atoms with Gasteiger partial charge in [0.2, 0.25) is 0 Å². The second-order valence-electron chi connectivity index (χ2n) is 2.82. The second kappa shape index (κ2) is 5.13. The molecule has 0 aliphatic carbocycles. The van der Waals surface area contributed by atoms with Crippen LogP contribution in [0.5, 0.6) is 0 Å². The van der Waals surface area contributed by atoms with Crippen molar-refractivity contribution < 1.29 is 20.4 Å². The van der Waals surface area contributed by atoms with Crippen LogP contribution < -0.4 is 0 Å². The molecular weight excluding hydrogens is 176 g/mol. The lowest BCUT2D eigenvalue weighted by Crippen LogP contribution is -2.46. The minimum Gasteiger partial charge on any atom is -0.484 e. The van der Waals surface area contributed by atoms with E-state index in [0.717, 1.165) is 0 Å². The fourth-order valence-electron chi connectivity index (χ4n) is 0.827. The molecular formula is C7H15N2O4-. The lowest BCUT2D eigenvalue weighted by molar-refractivity contribution is -0.0891. The summed E-state index contributed by atoms with van der Waals surface area (Å²) in [4.78, 5) is 0. The summed E-state index contributed by atoms with van der Waals surface area (Å²) in [5.74, 6) is -0.894. The molecule has 0 radical (unpaired) electrons. The van der Waals surface area contributed by atoms with Crippen LogP contribution >= 0.6 is 0 Å². The summed E-state index contributed by atoms with van der Waals surface area (Å²) < 4.78 is 0. The van der Waals surface area contributed by atoms with E-state index in [-0.39, 0.29) is 6.42 Å². The number of aliphatic hydroxyl groups excluding tert-OH is 4. The Bertz CT molecular complexity index is 176. The summed E-state index contributed by atoms with van der Waals surface area (Å²) in [6.07, 6.45) is -5.93. The van der Waals surface area contributed by atoms with Gasteiger partial charge in [-0.05, 0) is 6.42 Å². The van der Waals surface area contributed by atoms with Crippen LogP contribution in [0.4, 0.5) is 0 Å². The highest BCUT2D eigenvalue weighted by Crippen LogP contribution is 2.08. The normalized spacial score (nSPS) is 20.4. The number of hydrogen-bond acceptors (Lipinski definition) is 5. The Balaban J connectivity index is 4.24. The third-order valence-corrected chi connectivity index (χ3v) is 1.78. The quantitative estimate of drug-likeness (QED) is 0.278. The molecule has 0 spiro atoms. The lowest BCUT2D eigenvalue weighted by atomic mass is 10.0. The molecule has 0 rings (SSSR count). The Kier molecular flexibility index (Phi) is 4.86. The summed E-state index contributed by atoms with van der Waals surface area (Å²) in [5.41, 5.74) is 6.69.